The van der Waals surface area contributed by atoms with Crippen molar-refractivity contribution in [1.82, 2.24) is 5.32 Å². The summed E-state index contributed by atoms with van der Waals surface area (Å²) in [6.45, 7) is 0.956. The Kier molecular flexibility index (Phi) is 5.97. The van der Waals surface area contributed by atoms with Crippen LogP contribution in [0.1, 0.15) is 60.0 Å². The summed E-state index contributed by atoms with van der Waals surface area (Å²) in [6, 6.07) is 6.33. The van der Waals surface area contributed by atoms with Crippen molar-refractivity contribution >= 4 is 11.9 Å². The maximum Gasteiger partial charge on any atom is 0.337 e. The number of esters is 2. The zero-order valence-corrected chi connectivity index (χ0v) is 15.8. The molecule has 1 N–H and O–H groups in total. The van der Waals surface area contributed by atoms with Gasteiger partial charge in [0.25, 0.3) is 0 Å². The van der Waals surface area contributed by atoms with Gasteiger partial charge in [0.05, 0.1) is 25.2 Å². The molecule has 0 spiro atoms. The van der Waals surface area contributed by atoms with Crippen LogP contribution in [0.25, 0.3) is 0 Å². The molecule has 0 amide bonds. The van der Waals surface area contributed by atoms with Gasteiger partial charge in [0.15, 0.2) is 0 Å². The van der Waals surface area contributed by atoms with Crippen molar-refractivity contribution in [1.29, 1.82) is 0 Å². The molecule has 1 aromatic rings. The number of fused-ring (bicyclic) bond motifs is 1. The van der Waals surface area contributed by atoms with Crippen LogP contribution in [0.15, 0.2) is 18.2 Å². The number of rotatable bonds is 7. The molecule has 0 saturated heterocycles. The molecule has 2 aliphatic carbocycles. The Bertz CT molecular complexity index is 668. The summed E-state index contributed by atoms with van der Waals surface area (Å²) in [5, 5.41) is 3.57. The third-order valence-electron chi connectivity index (χ3n) is 6.02. The van der Waals surface area contributed by atoms with Gasteiger partial charge in [-0.25, -0.2) is 4.79 Å². The van der Waals surface area contributed by atoms with Crippen molar-refractivity contribution in [3.8, 4) is 0 Å². The van der Waals surface area contributed by atoms with Crippen LogP contribution in [-0.4, -0.2) is 38.7 Å². The number of hydrogen-bond donors (Lipinski definition) is 1. The van der Waals surface area contributed by atoms with Gasteiger partial charge in [-0.3, -0.25) is 4.79 Å². The topological polar surface area (TPSA) is 64.6 Å². The number of carbonyl (C=O) groups excluding carboxylic acids is 2. The van der Waals surface area contributed by atoms with Crippen molar-refractivity contribution in [3.05, 3.63) is 34.9 Å². The van der Waals surface area contributed by atoms with Crippen LogP contribution in [0.5, 0.6) is 0 Å². The van der Waals surface area contributed by atoms with Crippen LogP contribution in [0.3, 0.4) is 0 Å². The first-order chi connectivity index (χ1) is 12.6. The number of ether oxygens (including phenoxy) is 2. The highest BCUT2D eigenvalue weighted by Gasteiger charge is 2.42. The molecule has 1 saturated carbocycles. The molecular weight excluding hydrogens is 330 g/mol. The summed E-state index contributed by atoms with van der Waals surface area (Å²) in [5.41, 5.74) is 2.40. The maximum atomic E-state index is 12.6. The van der Waals surface area contributed by atoms with E-state index in [1.807, 2.05) is 12.1 Å². The third kappa shape index (κ3) is 3.93. The lowest BCUT2D eigenvalue weighted by Gasteiger charge is -2.36. The van der Waals surface area contributed by atoms with E-state index < -0.39 is 5.41 Å². The smallest absolute Gasteiger partial charge is 0.337 e. The lowest BCUT2D eigenvalue weighted by atomic mass is 9.68. The van der Waals surface area contributed by atoms with Crippen LogP contribution in [0.4, 0.5) is 0 Å². The number of hydrogen-bond acceptors (Lipinski definition) is 5. The lowest BCUT2D eigenvalue weighted by Crippen LogP contribution is -2.40. The average molecular weight is 359 g/mol. The van der Waals surface area contributed by atoms with Crippen LogP contribution in [0.2, 0.25) is 0 Å². The minimum atomic E-state index is -0.449. The largest absolute Gasteiger partial charge is 0.469 e. The molecule has 26 heavy (non-hydrogen) atoms. The van der Waals surface area contributed by atoms with E-state index in [0.717, 1.165) is 43.4 Å². The Morgan fingerprint density at radius 3 is 2.65 bits per heavy atom. The molecule has 1 fully saturated rings. The van der Waals surface area contributed by atoms with Gasteiger partial charge in [0.2, 0.25) is 0 Å². The van der Waals surface area contributed by atoms with Crippen molar-refractivity contribution < 1.29 is 19.1 Å². The van der Waals surface area contributed by atoms with Gasteiger partial charge in [0.1, 0.15) is 0 Å². The van der Waals surface area contributed by atoms with Gasteiger partial charge in [-0.15, -0.1) is 0 Å². The van der Waals surface area contributed by atoms with Crippen LogP contribution >= 0.6 is 0 Å². The first-order valence-corrected chi connectivity index (χ1v) is 9.60. The van der Waals surface area contributed by atoms with Gasteiger partial charge < -0.3 is 14.8 Å². The minimum Gasteiger partial charge on any atom is -0.469 e. The monoisotopic (exact) mass is 359 g/mol. The van der Waals surface area contributed by atoms with E-state index in [9.17, 15) is 9.59 Å². The van der Waals surface area contributed by atoms with Gasteiger partial charge >= 0.3 is 11.9 Å². The van der Waals surface area contributed by atoms with Crippen molar-refractivity contribution in [2.45, 2.75) is 57.4 Å². The highest BCUT2D eigenvalue weighted by Crippen LogP contribution is 2.40. The molecule has 1 atom stereocenters. The standard InChI is InChI=1S/C21H29NO4/c1-25-19(23)16-7-8-17-14-21(20(24)26-2,11-9-15(17)13-16)10-4-12-22-18-5-3-6-18/h7-8,13,18,22H,3-6,9-12,14H2,1-2H3. The van der Waals surface area contributed by atoms with Crippen molar-refractivity contribution in [3.63, 3.8) is 0 Å². The second-order valence-corrected chi connectivity index (χ2v) is 7.61. The number of carbonyl (C=O) groups is 2. The summed E-state index contributed by atoms with van der Waals surface area (Å²) >= 11 is 0. The maximum absolute atomic E-state index is 12.6. The Morgan fingerprint density at radius 1 is 1.19 bits per heavy atom. The van der Waals surface area contributed by atoms with E-state index in [2.05, 4.69) is 5.32 Å². The molecule has 142 valence electrons. The summed E-state index contributed by atoms with van der Waals surface area (Å²) in [6.07, 6.45) is 7.91. The molecule has 5 heteroatoms. The molecule has 0 aliphatic heterocycles. The Morgan fingerprint density at radius 2 is 2.00 bits per heavy atom. The number of nitrogens with one attached hydrogen (secondary N) is 1. The van der Waals surface area contributed by atoms with Crippen LogP contribution in [0, 0.1) is 5.41 Å². The van der Waals surface area contributed by atoms with Crippen molar-refractivity contribution in [2.24, 2.45) is 5.41 Å². The molecule has 1 aromatic carbocycles. The Hall–Kier alpha value is -1.88. The van der Waals surface area contributed by atoms with E-state index in [1.165, 1.54) is 33.5 Å². The molecule has 1 unspecified atom stereocenters. The molecule has 0 heterocycles. The van der Waals surface area contributed by atoms with Gasteiger partial charge in [-0.2, -0.15) is 0 Å². The van der Waals surface area contributed by atoms with Crippen LogP contribution in [-0.2, 0) is 27.1 Å². The molecule has 3 rings (SSSR count). The van der Waals surface area contributed by atoms with Crippen LogP contribution < -0.4 is 5.32 Å². The van der Waals surface area contributed by atoms with Gasteiger partial charge in [0, 0.05) is 6.04 Å². The summed E-state index contributed by atoms with van der Waals surface area (Å²) in [5.74, 6) is -0.427. The zero-order valence-electron chi connectivity index (χ0n) is 15.8. The Balaban J connectivity index is 1.68. The molecule has 2 aliphatic rings. The predicted octanol–water partition coefficient (Wildman–Crippen LogP) is 3.04. The zero-order chi connectivity index (χ0) is 18.6. The van der Waals surface area contributed by atoms with E-state index in [-0.39, 0.29) is 11.9 Å². The first-order valence-electron chi connectivity index (χ1n) is 9.60. The molecule has 0 radical (unpaired) electrons. The molecular formula is C21H29NO4. The quantitative estimate of drug-likeness (QED) is 0.599. The average Bonchev–Trinajstić information content (AvgIpc) is 2.64. The lowest BCUT2D eigenvalue weighted by molar-refractivity contribution is -0.154. The fourth-order valence-electron chi connectivity index (χ4n) is 4.15. The molecule has 0 aromatic heterocycles. The van der Waals surface area contributed by atoms with E-state index in [4.69, 9.17) is 9.47 Å². The second-order valence-electron chi connectivity index (χ2n) is 7.61. The van der Waals surface area contributed by atoms with E-state index in [1.54, 1.807) is 6.07 Å². The SMILES string of the molecule is COC(=O)c1ccc2c(c1)CCC(CCCNC1CCC1)(C(=O)OC)C2. The minimum absolute atomic E-state index is 0.108. The highest BCUT2D eigenvalue weighted by atomic mass is 16.5. The fraction of sp³-hybridized carbons (Fsp3) is 0.619. The number of methoxy groups -OCH3 is 2. The molecule has 0 bridgehead atoms. The third-order valence-corrected chi connectivity index (χ3v) is 6.02. The second kappa shape index (κ2) is 8.21. The fourth-order valence-corrected chi connectivity index (χ4v) is 4.15. The summed E-state index contributed by atoms with van der Waals surface area (Å²) < 4.78 is 9.97. The molecule has 5 nitrogen and oxygen atoms in total. The summed E-state index contributed by atoms with van der Waals surface area (Å²) in [4.78, 5) is 24.3. The first kappa shape index (κ1) is 18.9. The number of aryl methyl sites for hydroxylation is 1. The number of benzene rings is 1. The van der Waals surface area contributed by atoms with Gasteiger partial charge in [-0.1, -0.05) is 12.5 Å². The summed E-state index contributed by atoms with van der Waals surface area (Å²) in [7, 11) is 2.87. The predicted molar refractivity (Wildman–Crippen MR) is 99.1 cm³/mol. The normalized spacial score (nSPS) is 22.2. The van der Waals surface area contributed by atoms with Crippen molar-refractivity contribution in [2.75, 3.05) is 20.8 Å². The van der Waals surface area contributed by atoms with Gasteiger partial charge in [-0.05, 0) is 74.8 Å². The van der Waals surface area contributed by atoms with E-state index >= 15 is 0 Å². The highest BCUT2D eigenvalue weighted by molar-refractivity contribution is 5.89. The van der Waals surface area contributed by atoms with E-state index in [0.29, 0.717) is 18.0 Å². The Labute approximate surface area is 155 Å².